The zero-order chi connectivity index (χ0) is 73.0. The summed E-state index contributed by atoms with van der Waals surface area (Å²) in [5.41, 5.74) is 3.14. The van der Waals surface area contributed by atoms with E-state index in [0.717, 1.165) is 29.4 Å². The zero-order valence-corrected chi connectivity index (χ0v) is 67.3. The van der Waals surface area contributed by atoms with Gasteiger partial charge in [-0.15, -0.1) is 12.8 Å². The predicted octanol–water partition coefficient (Wildman–Crippen LogP) is 8.07. The van der Waals surface area contributed by atoms with Crippen LogP contribution >= 0.6 is 21.6 Å². The van der Waals surface area contributed by atoms with E-state index in [4.69, 9.17) is 60.3 Å². The number of carbonyl (C=O) groups is 6. The number of aldehydes is 1. The van der Waals surface area contributed by atoms with Gasteiger partial charge in [-0.25, -0.2) is 9.59 Å². The number of ether oxygens (including phenoxy) is 11. The third kappa shape index (κ3) is 69.8. The number of nitrogens with one attached hydrogen (secondary N) is 5. The first kappa shape index (κ1) is 105. The normalized spacial score (nSPS) is 11.5. The van der Waals surface area contributed by atoms with Crippen LogP contribution in [0.25, 0.3) is 11.1 Å². The van der Waals surface area contributed by atoms with Gasteiger partial charge < -0.3 is 83.3 Å². The molecular weight excluding hydrogens is 1710 g/mol. The molecular formula is C69H123FmIN5O20Pd-. The average Bonchev–Trinajstić information content (AvgIpc) is 0.839. The van der Waals surface area contributed by atoms with Gasteiger partial charge >= 0.3 is 103 Å². The van der Waals surface area contributed by atoms with Crippen molar-refractivity contribution in [2.45, 2.75) is 177 Å². The maximum Gasteiger partial charge on any atom is 0.407 e. The molecule has 0 bridgehead atoms. The third-order valence-electron chi connectivity index (χ3n) is 11.6. The molecule has 0 saturated heterocycles. The van der Waals surface area contributed by atoms with E-state index >= 15 is 0 Å². The molecule has 0 fully saturated rings. The predicted molar refractivity (Wildman–Crippen MR) is 382 cm³/mol. The van der Waals surface area contributed by atoms with Crippen molar-refractivity contribution in [1.82, 2.24) is 26.6 Å². The van der Waals surface area contributed by atoms with Gasteiger partial charge in [-0.05, 0) is 82.9 Å². The van der Waals surface area contributed by atoms with Crippen LogP contribution in [0.5, 0.6) is 5.75 Å². The molecule has 0 aliphatic carbocycles. The molecule has 3 unspecified atom stereocenters. The van der Waals surface area contributed by atoms with E-state index in [1.807, 2.05) is 84.0 Å². The van der Waals surface area contributed by atoms with Gasteiger partial charge in [0.15, 0.2) is 0 Å². The molecule has 0 radical (unpaired) electrons. The number of hydrogen-bond donors (Lipinski definition) is 6. The Bertz CT molecular complexity index is 2180. The SMILES string of the molecule is C#C.CCC.CCCC.CCCC[IH]OC(C)C(C)N[C-]=O.CO.COC(=O)[C@H](Cc1ccc(-c2ccc(OCCOCCOCCOCCOCCOCCOCCOCCNC(=O)OC(C)(C)C)cc2C)cc1)NC(=O)C(CC=O)NC(=O)CNC=O.COC(C)(C)C.[Fm].[Pd]. The summed E-state index contributed by atoms with van der Waals surface area (Å²) in [4.78, 5) is 80.6. The van der Waals surface area contributed by atoms with Crippen LogP contribution in [-0.2, 0) is 106 Å². The van der Waals surface area contributed by atoms with Crippen LogP contribution in [0, 0.1) is 19.8 Å². The number of alkyl carbamates (subject to hydrolysis) is 1. The molecule has 2 aromatic carbocycles. The number of esters is 1. The number of benzene rings is 2. The number of hydrogen-bond acceptors (Lipinski definition) is 20. The topological polar surface area (TPSA) is 311 Å². The molecule has 0 saturated carbocycles. The monoisotopic (exact) mass is 1830 g/mol. The van der Waals surface area contributed by atoms with Gasteiger partial charge in [-0.2, -0.15) is 0 Å². The van der Waals surface area contributed by atoms with E-state index in [1.54, 1.807) is 34.3 Å². The number of unbranched alkanes of at least 4 members (excludes halogenated alkanes) is 2. The molecule has 25 nitrogen and oxygen atoms in total. The number of aliphatic hydroxyl groups is 1. The third-order valence-corrected chi connectivity index (χ3v) is 14.1. The van der Waals surface area contributed by atoms with Crippen molar-refractivity contribution in [3.63, 3.8) is 0 Å². The first-order valence-corrected chi connectivity index (χ1v) is 34.9. The van der Waals surface area contributed by atoms with Crippen LogP contribution in [0.1, 0.15) is 140 Å². The fourth-order valence-electron chi connectivity index (χ4n) is 6.25. The van der Waals surface area contributed by atoms with E-state index in [9.17, 15) is 33.6 Å². The van der Waals surface area contributed by atoms with Crippen LogP contribution in [-0.4, -0.2) is 221 Å². The van der Waals surface area contributed by atoms with Crippen LogP contribution in [0.3, 0.4) is 0 Å². The molecule has 0 heterocycles. The van der Waals surface area contributed by atoms with Gasteiger partial charge in [0, 0.05) is 54.0 Å². The first-order chi connectivity index (χ1) is 45.5. The van der Waals surface area contributed by atoms with Gasteiger partial charge in [0.1, 0.15) is 36.3 Å². The summed E-state index contributed by atoms with van der Waals surface area (Å²) >= 11 is -0.303. The minimum absolute atomic E-state index is 0. The summed E-state index contributed by atoms with van der Waals surface area (Å²) in [5, 5.41) is 19.3. The van der Waals surface area contributed by atoms with Crippen LogP contribution in [0.4, 0.5) is 4.79 Å². The van der Waals surface area contributed by atoms with Crippen molar-refractivity contribution >= 4 is 64.6 Å². The minimum Gasteiger partial charge on any atom is -0.491 e. The second kappa shape index (κ2) is 74.3. The number of halogens is 1. The van der Waals surface area contributed by atoms with Crippen LogP contribution < -0.4 is 31.3 Å². The largest absolute Gasteiger partial charge is 0.491 e. The molecule has 2 rings (SSSR count). The summed E-state index contributed by atoms with van der Waals surface area (Å²) in [6.45, 7) is 34.6. The standard InChI is InChI=1S/C45H68N4O16.C9H19INO2.C5H12O.C4H10.C3H8.C2H2.CH4O.Fm.Pd/c1-34-30-37(10-11-38(34)36-8-6-35(7-9-36)31-40(43(54)56-5)49-42(53)39(12-14-50)48-41(52)32-46-33-51)64-29-28-63-27-26-62-25-24-61-23-22-60-21-20-59-19-18-58-17-16-57-15-13-47-44(55)65-45(2,3)4;1-4-5-6-10-13-9(3)8(2)11-7-12;1-5(2,3)6-4;1-3-4-2;1-3-2;2*1-2;;/h6-11,14,30,33,39-40H,12-13,15-29,31-32H2,1-5H3,(H,46,51)(H,47,55)(H,48,52)(H,49,53);8-10H,4-6H2,1-3H3,(H,11,12);1-4H3;3-4H2,1-2H3;3H2,1-2H3;1-2H;2H,1H3;;/q;-1;;;;;;;/t39?,40-;;;;;;;;/m0......../s1. The molecule has 97 heavy (non-hydrogen) atoms. The molecule has 6 N–H and O–H groups in total. The fourth-order valence-corrected chi connectivity index (χ4v) is 8.78. The number of carbonyl (C=O) groups excluding carboxylic acids is 7. The summed E-state index contributed by atoms with van der Waals surface area (Å²) in [6, 6.07) is 11.0. The van der Waals surface area contributed by atoms with Gasteiger partial charge in [0.05, 0.1) is 112 Å². The smallest absolute Gasteiger partial charge is 0.407 e. The number of alkyl halides is 1. The number of aliphatic hydroxyl groups excluding tert-OH is 1. The summed E-state index contributed by atoms with van der Waals surface area (Å²) in [5.74, 6) is -1.42. The van der Waals surface area contributed by atoms with E-state index in [-0.39, 0.29) is 79.2 Å². The summed E-state index contributed by atoms with van der Waals surface area (Å²) in [7, 11) is 3.90. The Morgan fingerprint density at radius 2 is 1.13 bits per heavy atom. The summed E-state index contributed by atoms with van der Waals surface area (Å²) < 4.78 is 66.2. The fraction of sp³-hybridized carbons (Fsp3) is 0.696. The van der Waals surface area contributed by atoms with Gasteiger partial charge in [0.2, 0.25) is 18.2 Å². The van der Waals surface area contributed by atoms with Crippen molar-refractivity contribution in [3.05, 3.63) is 53.6 Å². The average molecular weight is 1830 g/mol. The number of terminal acetylenes is 1. The quantitative estimate of drug-likeness (QED) is 0.00420. The maximum absolute atomic E-state index is 12.9. The molecule has 0 aromatic heterocycles. The van der Waals surface area contributed by atoms with E-state index in [1.165, 1.54) is 43.6 Å². The molecule has 2 aromatic rings. The second-order valence-electron chi connectivity index (χ2n) is 22.1. The van der Waals surface area contributed by atoms with E-state index in [0.29, 0.717) is 124 Å². The number of rotatable bonds is 46. The Hall–Kier alpha value is -5.92. The molecule has 5 amide bonds. The van der Waals surface area contributed by atoms with Gasteiger partial charge in [0.25, 0.3) is 0 Å². The second-order valence-corrected chi connectivity index (χ2v) is 24.5. The van der Waals surface area contributed by atoms with Crippen molar-refractivity contribution in [2.75, 3.05) is 138 Å². The number of aryl methyl sites for hydroxylation is 1. The molecule has 0 aliphatic heterocycles. The van der Waals surface area contributed by atoms with Crippen LogP contribution in [0.2, 0.25) is 0 Å². The molecule has 0 spiro atoms. The molecule has 0 aliphatic rings. The maximum atomic E-state index is 12.9. The minimum atomic E-state index is -1.24. The number of methoxy groups -OCH3 is 2. The van der Waals surface area contributed by atoms with Crippen molar-refractivity contribution < 1.29 is 114 Å². The van der Waals surface area contributed by atoms with Crippen molar-refractivity contribution in [3.8, 4) is 29.7 Å². The van der Waals surface area contributed by atoms with E-state index < -0.39 is 41.6 Å². The first-order valence-electron chi connectivity index (χ1n) is 32.3. The van der Waals surface area contributed by atoms with Gasteiger partial charge in [-0.3, -0.25) is 14.4 Å². The molecule has 574 valence electrons. The number of amides is 5. The van der Waals surface area contributed by atoms with Crippen molar-refractivity contribution in [1.29, 1.82) is 0 Å². The molecule has 28 heteroatoms. The Kier molecular flexibility index (Phi) is 80.1. The van der Waals surface area contributed by atoms with E-state index in [2.05, 4.69) is 74.0 Å². The van der Waals surface area contributed by atoms with Gasteiger partial charge in [-0.1, -0.05) is 77.3 Å². The molecule has 4 atom stereocenters. The van der Waals surface area contributed by atoms with Crippen molar-refractivity contribution in [2.24, 2.45) is 0 Å². The Morgan fingerprint density at radius 3 is 1.53 bits per heavy atom. The van der Waals surface area contributed by atoms with Crippen LogP contribution in [0.15, 0.2) is 42.5 Å². The Morgan fingerprint density at radius 1 is 0.670 bits per heavy atom. The Balaban J connectivity index is -0.000000420. The summed E-state index contributed by atoms with van der Waals surface area (Å²) in [6.07, 6.45) is 16.3. The zero-order valence-electron chi connectivity index (χ0n) is 61.1. The Labute approximate surface area is 600 Å².